The Morgan fingerprint density at radius 3 is 2.82 bits per heavy atom. The Labute approximate surface area is 99.7 Å². The van der Waals surface area contributed by atoms with Crippen LogP contribution in [0, 0.1) is 6.92 Å². The molecule has 0 fully saturated rings. The average molecular weight is 230 g/mol. The van der Waals surface area contributed by atoms with Crippen molar-refractivity contribution in [3.8, 4) is 0 Å². The number of nitrogens with zero attached hydrogens (tertiary/aromatic N) is 1. The van der Waals surface area contributed by atoms with Crippen LogP contribution in [0.4, 0.5) is 5.69 Å². The maximum Gasteiger partial charge on any atom is 0.293 e. The van der Waals surface area contributed by atoms with Gasteiger partial charge in [-0.1, -0.05) is 25.1 Å². The maximum absolute atomic E-state index is 11.9. The minimum Gasteiger partial charge on any atom is -0.436 e. The number of anilines is 1. The summed E-state index contributed by atoms with van der Waals surface area (Å²) < 4.78 is 5.17. The zero-order valence-corrected chi connectivity index (χ0v) is 9.86. The van der Waals surface area contributed by atoms with E-state index >= 15 is 0 Å². The van der Waals surface area contributed by atoms with Crippen LogP contribution in [-0.2, 0) is 6.42 Å². The minimum absolute atomic E-state index is 0.230. The molecule has 0 aliphatic rings. The summed E-state index contributed by atoms with van der Waals surface area (Å²) in [5.41, 5.74) is 1.91. The number of hydrogen-bond acceptors (Lipinski definition) is 3. The molecule has 0 radical (unpaired) electrons. The minimum atomic E-state index is -0.272. The zero-order valence-electron chi connectivity index (χ0n) is 9.86. The van der Waals surface area contributed by atoms with E-state index in [0.29, 0.717) is 5.89 Å². The Morgan fingerprint density at radius 1 is 1.41 bits per heavy atom. The highest BCUT2D eigenvalue weighted by molar-refractivity contribution is 6.02. The second kappa shape index (κ2) is 4.82. The lowest BCUT2D eigenvalue weighted by Crippen LogP contribution is -2.12. The molecule has 0 saturated carbocycles. The Hall–Kier alpha value is -2.10. The second-order valence-corrected chi connectivity index (χ2v) is 3.71. The van der Waals surface area contributed by atoms with Crippen LogP contribution in [-0.4, -0.2) is 10.9 Å². The molecule has 0 unspecified atom stereocenters. The Balaban J connectivity index is 2.18. The molecule has 1 aromatic heterocycles. The molecule has 0 saturated heterocycles. The van der Waals surface area contributed by atoms with Crippen molar-refractivity contribution < 1.29 is 9.21 Å². The van der Waals surface area contributed by atoms with E-state index in [1.807, 2.05) is 31.2 Å². The van der Waals surface area contributed by atoms with Gasteiger partial charge in [0.15, 0.2) is 5.89 Å². The fraction of sp³-hybridized carbons (Fsp3) is 0.231. The molecule has 2 aromatic rings. The van der Waals surface area contributed by atoms with Crippen molar-refractivity contribution in [2.24, 2.45) is 0 Å². The van der Waals surface area contributed by atoms with Gasteiger partial charge in [0.05, 0.1) is 6.20 Å². The highest BCUT2D eigenvalue weighted by atomic mass is 16.4. The molecule has 4 heteroatoms. The number of aryl methyl sites for hydroxylation is 2. The largest absolute Gasteiger partial charge is 0.436 e. The number of oxazole rings is 1. The summed E-state index contributed by atoms with van der Waals surface area (Å²) in [6, 6.07) is 7.70. The van der Waals surface area contributed by atoms with Crippen molar-refractivity contribution in [1.82, 2.24) is 4.98 Å². The third kappa shape index (κ3) is 2.53. The molecular formula is C13H14N2O2. The normalized spacial score (nSPS) is 10.2. The van der Waals surface area contributed by atoms with Crippen LogP contribution >= 0.6 is 0 Å². The SMILES string of the molecule is CCc1ccccc1NC(=O)c1cnc(C)o1. The number of benzene rings is 1. The molecule has 4 nitrogen and oxygen atoms in total. The predicted molar refractivity (Wildman–Crippen MR) is 65.0 cm³/mol. The van der Waals surface area contributed by atoms with Gasteiger partial charge >= 0.3 is 0 Å². The predicted octanol–water partition coefficient (Wildman–Crippen LogP) is 2.80. The maximum atomic E-state index is 11.9. The third-order valence-electron chi connectivity index (χ3n) is 2.49. The molecule has 0 aliphatic heterocycles. The van der Waals surface area contributed by atoms with E-state index in [-0.39, 0.29) is 11.7 Å². The molecule has 1 aromatic carbocycles. The Bertz CT molecular complexity index is 532. The lowest BCUT2D eigenvalue weighted by atomic mass is 10.1. The number of hydrogen-bond donors (Lipinski definition) is 1. The van der Waals surface area contributed by atoms with Gasteiger partial charge in [-0.2, -0.15) is 0 Å². The third-order valence-corrected chi connectivity index (χ3v) is 2.49. The van der Waals surface area contributed by atoms with E-state index in [9.17, 15) is 4.79 Å². The van der Waals surface area contributed by atoms with Crippen LogP contribution in [0.5, 0.6) is 0 Å². The summed E-state index contributed by atoms with van der Waals surface area (Å²) in [6.07, 6.45) is 2.30. The van der Waals surface area contributed by atoms with Crippen LogP contribution in [0.1, 0.15) is 28.9 Å². The number of para-hydroxylation sites is 1. The number of rotatable bonds is 3. The number of carbonyl (C=O) groups is 1. The van der Waals surface area contributed by atoms with Gasteiger partial charge in [0.1, 0.15) is 0 Å². The number of nitrogens with one attached hydrogen (secondary N) is 1. The lowest BCUT2D eigenvalue weighted by molar-refractivity contribution is 0.0995. The van der Waals surface area contributed by atoms with E-state index in [4.69, 9.17) is 4.42 Å². The molecule has 0 spiro atoms. The van der Waals surface area contributed by atoms with E-state index in [1.165, 1.54) is 6.20 Å². The van der Waals surface area contributed by atoms with Crippen LogP contribution in [0.25, 0.3) is 0 Å². The quantitative estimate of drug-likeness (QED) is 0.882. The van der Waals surface area contributed by atoms with Crippen molar-refractivity contribution in [3.63, 3.8) is 0 Å². The van der Waals surface area contributed by atoms with Gasteiger partial charge in [-0.05, 0) is 18.1 Å². The van der Waals surface area contributed by atoms with Crippen LogP contribution in [0.2, 0.25) is 0 Å². The molecule has 1 heterocycles. The molecule has 17 heavy (non-hydrogen) atoms. The molecule has 88 valence electrons. The van der Waals surface area contributed by atoms with Gasteiger partial charge in [0, 0.05) is 12.6 Å². The lowest BCUT2D eigenvalue weighted by Gasteiger charge is -2.07. The van der Waals surface area contributed by atoms with E-state index in [2.05, 4.69) is 10.3 Å². The fourth-order valence-electron chi connectivity index (χ4n) is 1.60. The van der Waals surface area contributed by atoms with Gasteiger partial charge in [-0.25, -0.2) is 4.98 Å². The van der Waals surface area contributed by atoms with Crippen molar-refractivity contribution in [2.45, 2.75) is 20.3 Å². The van der Waals surface area contributed by atoms with Crippen molar-refractivity contribution in [2.75, 3.05) is 5.32 Å². The highest BCUT2D eigenvalue weighted by Gasteiger charge is 2.12. The van der Waals surface area contributed by atoms with E-state index in [1.54, 1.807) is 6.92 Å². The molecule has 0 aliphatic carbocycles. The Kier molecular flexibility index (Phi) is 3.23. The number of carbonyl (C=O) groups excluding carboxylic acids is 1. The standard InChI is InChI=1S/C13H14N2O2/c1-3-10-6-4-5-7-11(10)15-13(16)12-8-14-9(2)17-12/h4-8H,3H2,1-2H3,(H,15,16). The van der Waals surface area contributed by atoms with Gasteiger partial charge in [-0.15, -0.1) is 0 Å². The second-order valence-electron chi connectivity index (χ2n) is 3.71. The molecular weight excluding hydrogens is 216 g/mol. The van der Waals surface area contributed by atoms with Gasteiger partial charge in [0.2, 0.25) is 5.76 Å². The van der Waals surface area contributed by atoms with Crippen molar-refractivity contribution in [1.29, 1.82) is 0 Å². The summed E-state index contributed by atoms with van der Waals surface area (Å²) in [7, 11) is 0. The number of aromatic nitrogens is 1. The first-order valence-electron chi connectivity index (χ1n) is 5.52. The van der Waals surface area contributed by atoms with Crippen LogP contribution in [0.15, 0.2) is 34.9 Å². The van der Waals surface area contributed by atoms with Crippen LogP contribution in [0.3, 0.4) is 0 Å². The molecule has 0 bridgehead atoms. The molecule has 1 N–H and O–H groups in total. The van der Waals surface area contributed by atoms with Crippen LogP contribution < -0.4 is 5.32 Å². The van der Waals surface area contributed by atoms with E-state index < -0.39 is 0 Å². The Morgan fingerprint density at radius 2 is 2.18 bits per heavy atom. The molecule has 2 rings (SSSR count). The monoisotopic (exact) mass is 230 g/mol. The zero-order chi connectivity index (χ0) is 12.3. The van der Waals surface area contributed by atoms with Crippen molar-refractivity contribution >= 4 is 11.6 Å². The molecule has 1 amide bonds. The highest BCUT2D eigenvalue weighted by Crippen LogP contribution is 2.16. The summed E-state index contributed by atoms with van der Waals surface area (Å²) in [4.78, 5) is 15.7. The first-order valence-corrected chi connectivity index (χ1v) is 5.52. The number of amides is 1. The average Bonchev–Trinajstić information content (AvgIpc) is 2.77. The van der Waals surface area contributed by atoms with E-state index in [0.717, 1.165) is 17.7 Å². The topological polar surface area (TPSA) is 55.1 Å². The summed E-state index contributed by atoms with van der Waals surface area (Å²) in [5.74, 6) is 0.443. The summed E-state index contributed by atoms with van der Waals surface area (Å²) in [5, 5.41) is 2.82. The van der Waals surface area contributed by atoms with Crippen molar-refractivity contribution in [3.05, 3.63) is 47.7 Å². The van der Waals surface area contributed by atoms with Gasteiger partial charge in [-0.3, -0.25) is 4.79 Å². The fourth-order valence-corrected chi connectivity index (χ4v) is 1.60. The van der Waals surface area contributed by atoms with Gasteiger partial charge < -0.3 is 9.73 Å². The first-order chi connectivity index (χ1) is 8.20. The smallest absolute Gasteiger partial charge is 0.293 e. The van der Waals surface area contributed by atoms with Gasteiger partial charge in [0.25, 0.3) is 5.91 Å². The summed E-state index contributed by atoms with van der Waals surface area (Å²) in [6.45, 7) is 3.75. The first kappa shape index (κ1) is 11.4. The summed E-state index contributed by atoms with van der Waals surface area (Å²) >= 11 is 0. The molecule has 0 atom stereocenters.